The highest BCUT2D eigenvalue weighted by molar-refractivity contribution is 7.18. The van der Waals surface area contributed by atoms with Crippen LogP contribution in [0.2, 0.25) is 0 Å². The van der Waals surface area contributed by atoms with Crippen LogP contribution < -0.4 is 10.2 Å². The molecular weight excluding hydrogens is 406 g/mol. The Balaban J connectivity index is 1.48. The van der Waals surface area contributed by atoms with Crippen LogP contribution in [0.3, 0.4) is 0 Å². The molecule has 0 saturated carbocycles. The van der Waals surface area contributed by atoms with E-state index in [-0.39, 0.29) is 5.82 Å². The Kier molecular flexibility index (Phi) is 6.10. The van der Waals surface area contributed by atoms with Gasteiger partial charge in [-0.25, -0.2) is 4.79 Å². The third-order valence-corrected chi connectivity index (χ3v) is 5.70. The third-order valence-electron chi connectivity index (χ3n) is 4.53. The number of nitrogens with zero attached hydrogens (tertiary/aromatic N) is 2. The average Bonchev–Trinajstić information content (AvgIpc) is 3.40. The molecule has 0 unspecified atom stereocenters. The molecule has 30 heavy (non-hydrogen) atoms. The van der Waals surface area contributed by atoms with E-state index in [1.807, 2.05) is 36.4 Å². The molecule has 0 radical (unpaired) electrons. The number of aryl methyl sites for hydroxylation is 1. The van der Waals surface area contributed by atoms with Gasteiger partial charge in [-0.3, -0.25) is 4.79 Å². The number of nitrogens with one attached hydrogen (secondary N) is 1. The first-order valence-electron chi connectivity index (χ1n) is 9.52. The molecule has 4 rings (SSSR count). The molecular formula is C21H21N3O5S. The van der Waals surface area contributed by atoms with E-state index in [2.05, 4.69) is 15.4 Å². The quantitative estimate of drug-likeness (QED) is 0.603. The minimum absolute atomic E-state index is 0.283. The molecule has 1 saturated heterocycles. The first-order valence-corrected chi connectivity index (χ1v) is 10.3. The van der Waals surface area contributed by atoms with Crippen LogP contribution in [0.1, 0.15) is 15.4 Å². The highest BCUT2D eigenvalue weighted by Crippen LogP contribution is 2.39. The van der Waals surface area contributed by atoms with Gasteiger partial charge in [0.2, 0.25) is 0 Å². The lowest BCUT2D eigenvalue weighted by atomic mass is 10.1. The van der Waals surface area contributed by atoms with Gasteiger partial charge in [0, 0.05) is 24.7 Å². The molecule has 2 aromatic heterocycles. The van der Waals surface area contributed by atoms with Crippen molar-refractivity contribution in [3.05, 3.63) is 53.1 Å². The van der Waals surface area contributed by atoms with E-state index in [1.54, 1.807) is 13.0 Å². The van der Waals surface area contributed by atoms with Crippen molar-refractivity contribution < 1.29 is 23.6 Å². The Labute approximate surface area is 177 Å². The second kappa shape index (κ2) is 9.10. The van der Waals surface area contributed by atoms with Crippen LogP contribution in [0.15, 0.2) is 47.0 Å². The van der Waals surface area contributed by atoms with E-state index >= 15 is 0 Å². The van der Waals surface area contributed by atoms with Crippen molar-refractivity contribution in [3.63, 3.8) is 0 Å². The molecule has 1 N–H and O–H groups in total. The van der Waals surface area contributed by atoms with Crippen LogP contribution in [0.4, 0.5) is 10.8 Å². The summed E-state index contributed by atoms with van der Waals surface area (Å²) in [7, 11) is 0. The Morgan fingerprint density at radius 3 is 2.67 bits per heavy atom. The lowest BCUT2D eigenvalue weighted by Gasteiger charge is -2.28. The number of anilines is 2. The predicted molar refractivity (Wildman–Crippen MR) is 113 cm³/mol. The topological polar surface area (TPSA) is 93.9 Å². The molecule has 1 aliphatic rings. The zero-order valence-corrected chi connectivity index (χ0v) is 17.2. The first-order chi connectivity index (χ1) is 14.6. The minimum Gasteiger partial charge on any atom is -0.451 e. The number of amides is 1. The second-order valence-corrected chi connectivity index (χ2v) is 7.77. The minimum atomic E-state index is -0.539. The zero-order chi connectivity index (χ0) is 20.9. The third kappa shape index (κ3) is 4.69. The maximum Gasteiger partial charge on any atom is 0.348 e. The molecule has 9 heteroatoms. The van der Waals surface area contributed by atoms with Crippen LogP contribution >= 0.6 is 11.3 Å². The van der Waals surface area contributed by atoms with Gasteiger partial charge in [0.1, 0.15) is 10.6 Å². The zero-order valence-electron chi connectivity index (χ0n) is 16.4. The van der Waals surface area contributed by atoms with Gasteiger partial charge in [-0.2, -0.15) is 0 Å². The van der Waals surface area contributed by atoms with Crippen LogP contribution in [0, 0.1) is 6.92 Å². The van der Waals surface area contributed by atoms with Gasteiger partial charge in [-0.1, -0.05) is 35.5 Å². The SMILES string of the molecule is Cc1cc(NC(=O)COC(=O)c2cc(-c3ccccc3)c(N3CCOCC3)s2)no1. The summed E-state index contributed by atoms with van der Waals surface area (Å²) in [5.41, 5.74) is 1.99. The number of morpholine rings is 1. The van der Waals surface area contributed by atoms with Crippen molar-refractivity contribution in [2.45, 2.75) is 6.92 Å². The smallest absolute Gasteiger partial charge is 0.348 e. The monoisotopic (exact) mass is 427 g/mol. The fourth-order valence-electron chi connectivity index (χ4n) is 3.11. The standard InChI is InChI=1S/C21H21N3O5S/c1-14-11-18(23-29-14)22-19(25)13-28-21(26)17-12-16(15-5-3-2-4-6-15)20(30-17)24-7-9-27-10-8-24/h2-6,11-12H,7-10,13H2,1H3,(H,22,23,25). The lowest BCUT2D eigenvalue weighted by Crippen LogP contribution is -2.35. The number of ether oxygens (including phenoxy) is 2. The van der Waals surface area contributed by atoms with Crippen LogP contribution in [0.25, 0.3) is 11.1 Å². The van der Waals surface area contributed by atoms with Gasteiger partial charge in [0.25, 0.3) is 5.91 Å². The molecule has 1 amide bonds. The van der Waals surface area contributed by atoms with Gasteiger partial charge < -0.3 is 24.2 Å². The number of hydrogen-bond donors (Lipinski definition) is 1. The molecule has 156 valence electrons. The molecule has 3 heterocycles. The molecule has 0 aliphatic carbocycles. The fraction of sp³-hybridized carbons (Fsp3) is 0.286. The largest absolute Gasteiger partial charge is 0.451 e. The van der Waals surface area contributed by atoms with E-state index in [9.17, 15) is 9.59 Å². The van der Waals surface area contributed by atoms with Gasteiger partial charge in [-0.15, -0.1) is 11.3 Å². The van der Waals surface area contributed by atoms with Crippen molar-refractivity contribution in [3.8, 4) is 11.1 Å². The lowest BCUT2D eigenvalue weighted by molar-refractivity contribution is -0.119. The normalized spacial score (nSPS) is 13.8. The number of rotatable bonds is 6. The Hall–Kier alpha value is -3.17. The maximum atomic E-state index is 12.6. The average molecular weight is 427 g/mol. The molecule has 0 spiro atoms. The predicted octanol–water partition coefficient (Wildman–Crippen LogP) is 3.34. The summed E-state index contributed by atoms with van der Waals surface area (Å²) >= 11 is 1.36. The van der Waals surface area contributed by atoms with E-state index < -0.39 is 18.5 Å². The number of carbonyl (C=O) groups is 2. The van der Waals surface area contributed by atoms with Gasteiger partial charge in [-0.05, 0) is 18.6 Å². The van der Waals surface area contributed by atoms with E-state index in [4.69, 9.17) is 14.0 Å². The van der Waals surface area contributed by atoms with Crippen molar-refractivity contribution in [1.29, 1.82) is 0 Å². The Morgan fingerprint density at radius 1 is 1.20 bits per heavy atom. The fourth-order valence-corrected chi connectivity index (χ4v) is 4.24. The molecule has 3 aromatic rings. The maximum absolute atomic E-state index is 12.6. The Bertz CT molecular complexity index is 1020. The summed E-state index contributed by atoms with van der Waals surface area (Å²) in [5, 5.41) is 7.20. The van der Waals surface area contributed by atoms with Crippen molar-refractivity contribution in [1.82, 2.24) is 5.16 Å². The molecule has 0 atom stereocenters. The summed E-state index contributed by atoms with van der Waals surface area (Å²) in [4.78, 5) is 27.3. The number of hydrogen-bond acceptors (Lipinski definition) is 8. The number of thiophene rings is 1. The summed E-state index contributed by atoms with van der Waals surface area (Å²) < 4.78 is 15.6. The summed E-state index contributed by atoms with van der Waals surface area (Å²) in [6, 6.07) is 13.3. The Morgan fingerprint density at radius 2 is 1.97 bits per heavy atom. The van der Waals surface area contributed by atoms with Crippen LogP contribution in [-0.2, 0) is 14.3 Å². The highest BCUT2D eigenvalue weighted by Gasteiger charge is 2.23. The van der Waals surface area contributed by atoms with Gasteiger partial charge in [0.15, 0.2) is 12.4 Å². The first kappa shape index (κ1) is 20.1. The summed E-state index contributed by atoms with van der Waals surface area (Å²) in [6.07, 6.45) is 0. The van der Waals surface area contributed by atoms with E-state index in [0.29, 0.717) is 23.9 Å². The molecule has 8 nitrogen and oxygen atoms in total. The van der Waals surface area contributed by atoms with E-state index in [0.717, 1.165) is 29.2 Å². The molecule has 0 bridgehead atoms. The van der Waals surface area contributed by atoms with Crippen LogP contribution in [0.5, 0.6) is 0 Å². The number of esters is 1. The molecule has 1 aromatic carbocycles. The van der Waals surface area contributed by atoms with Crippen molar-refractivity contribution >= 4 is 34.0 Å². The van der Waals surface area contributed by atoms with Gasteiger partial charge in [0.05, 0.1) is 18.2 Å². The second-order valence-electron chi connectivity index (χ2n) is 6.74. The number of aromatic nitrogens is 1. The molecule has 1 fully saturated rings. The van der Waals surface area contributed by atoms with E-state index in [1.165, 1.54) is 11.3 Å². The van der Waals surface area contributed by atoms with Crippen molar-refractivity contribution in [2.24, 2.45) is 0 Å². The number of carbonyl (C=O) groups excluding carboxylic acids is 2. The highest BCUT2D eigenvalue weighted by atomic mass is 32.1. The number of benzene rings is 1. The van der Waals surface area contributed by atoms with Crippen molar-refractivity contribution in [2.75, 3.05) is 43.1 Å². The summed E-state index contributed by atoms with van der Waals surface area (Å²) in [6.45, 7) is 4.12. The van der Waals surface area contributed by atoms with Crippen LogP contribution in [-0.4, -0.2) is 49.9 Å². The summed E-state index contributed by atoms with van der Waals surface area (Å²) in [5.74, 6) is -0.163. The van der Waals surface area contributed by atoms with Gasteiger partial charge >= 0.3 is 5.97 Å². The molecule has 1 aliphatic heterocycles.